The lowest BCUT2D eigenvalue weighted by Gasteiger charge is -2.26. The lowest BCUT2D eigenvalue weighted by molar-refractivity contribution is -0.132. The van der Waals surface area contributed by atoms with Crippen LogP contribution in [-0.2, 0) is 16.0 Å². The van der Waals surface area contributed by atoms with E-state index in [-0.39, 0.29) is 24.4 Å². The van der Waals surface area contributed by atoms with E-state index in [1.54, 1.807) is 0 Å². The van der Waals surface area contributed by atoms with E-state index >= 15 is 0 Å². The van der Waals surface area contributed by atoms with Crippen molar-refractivity contribution in [1.29, 1.82) is 0 Å². The van der Waals surface area contributed by atoms with Crippen LogP contribution in [0.4, 0.5) is 4.79 Å². The third-order valence-electron chi connectivity index (χ3n) is 7.04. The van der Waals surface area contributed by atoms with Gasteiger partial charge < -0.3 is 19.9 Å². The second kappa shape index (κ2) is 11.8. The van der Waals surface area contributed by atoms with E-state index in [1.807, 2.05) is 59.6 Å². The maximum atomic E-state index is 13.4. The molecule has 0 bridgehead atoms. The van der Waals surface area contributed by atoms with Crippen molar-refractivity contribution in [2.75, 3.05) is 13.7 Å². The first-order valence-corrected chi connectivity index (χ1v) is 13.0. The molecule has 1 saturated heterocycles. The lowest BCUT2D eigenvalue weighted by Crippen LogP contribution is -2.42. The average molecular weight is 509 g/mol. The summed E-state index contributed by atoms with van der Waals surface area (Å²) in [7, 11) is 1.33. The zero-order valence-electron chi connectivity index (χ0n) is 21.5. The highest BCUT2D eigenvalue weighted by Gasteiger charge is 2.33. The van der Waals surface area contributed by atoms with Crippen molar-refractivity contribution in [3.63, 3.8) is 0 Å². The molecule has 194 valence electrons. The number of methoxy groups -OCH3 is 1. The average Bonchev–Trinajstić information content (AvgIpc) is 3.64. The second-order valence-corrected chi connectivity index (χ2v) is 9.60. The van der Waals surface area contributed by atoms with Crippen molar-refractivity contribution < 1.29 is 14.3 Å². The van der Waals surface area contributed by atoms with E-state index in [0.717, 1.165) is 41.1 Å². The van der Waals surface area contributed by atoms with Crippen LogP contribution in [0.1, 0.15) is 36.7 Å². The fourth-order valence-electron chi connectivity index (χ4n) is 5.10. The summed E-state index contributed by atoms with van der Waals surface area (Å²) in [5.74, 6) is 0.786. The Labute approximate surface area is 222 Å². The number of benzene rings is 3. The molecule has 7 heteroatoms. The monoisotopic (exact) mass is 508 g/mol. The van der Waals surface area contributed by atoms with Crippen LogP contribution in [0.25, 0.3) is 22.4 Å². The number of nitrogens with one attached hydrogen (secondary N) is 2. The zero-order chi connectivity index (χ0) is 26.3. The van der Waals surface area contributed by atoms with Crippen molar-refractivity contribution in [2.24, 2.45) is 0 Å². The number of aromatic amines is 1. The molecular weight excluding hydrogens is 476 g/mol. The smallest absolute Gasteiger partial charge is 0.407 e. The maximum absolute atomic E-state index is 13.4. The summed E-state index contributed by atoms with van der Waals surface area (Å²) < 4.78 is 4.80. The SMILES string of the molecule is COC(=O)N[C@H](CC(=O)N1CCC[C@H]1c1ncc(-c2ccc(-c3ccccc3)cc2)[nH]1)Cc1ccccc1. The molecule has 0 saturated carbocycles. The number of ether oxygens (including phenoxy) is 1. The van der Waals surface area contributed by atoms with Crippen molar-refractivity contribution in [1.82, 2.24) is 20.2 Å². The summed E-state index contributed by atoms with van der Waals surface area (Å²) in [5.41, 5.74) is 5.36. The molecule has 3 aromatic carbocycles. The van der Waals surface area contributed by atoms with Crippen LogP contribution >= 0.6 is 0 Å². The molecule has 0 aliphatic carbocycles. The molecule has 2 amide bonds. The number of aromatic nitrogens is 2. The Hall–Kier alpha value is -4.39. The van der Waals surface area contributed by atoms with E-state index in [0.29, 0.717) is 13.0 Å². The van der Waals surface area contributed by atoms with Gasteiger partial charge in [-0.05, 0) is 41.5 Å². The number of H-pyrrole nitrogens is 1. The molecule has 2 atom stereocenters. The number of imidazole rings is 1. The minimum absolute atomic E-state index is 0.00463. The highest BCUT2D eigenvalue weighted by atomic mass is 16.5. The first kappa shape index (κ1) is 25.3. The number of alkyl carbamates (subject to hydrolysis) is 1. The number of carbonyl (C=O) groups excluding carboxylic acids is 2. The number of rotatable bonds is 8. The summed E-state index contributed by atoms with van der Waals surface area (Å²) >= 11 is 0. The van der Waals surface area contributed by atoms with Gasteiger partial charge in [-0.15, -0.1) is 0 Å². The standard InChI is InChI=1S/C31H32N4O3/c1-38-31(37)33-26(19-22-9-4-2-5-10-22)20-29(36)35-18-8-13-28(35)30-32-21-27(34-30)25-16-14-24(15-17-25)23-11-6-3-7-12-23/h2-7,9-12,14-17,21,26,28H,8,13,18-20H2,1H3,(H,32,34)(H,33,37)/t26-,28-/m0/s1. The Bertz CT molecular complexity index is 1350. The van der Waals surface area contributed by atoms with Gasteiger partial charge in [-0.25, -0.2) is 9.78 Å². The molecule has 0 unspecified atom stereocenters. The lowest BCUT2D eigenvalue weighted by atomic mass is 10.0. The summed E-state index contributed by atoms with van der Waals surface area (Å²) in [6, 6.07) is 28.0. The van der Waals surface area contributed by atoms with Crippen LogP contribution in [0.2, 0.25) is 0 Å². The Kier molecular flexibility index (Phi) is 7.83. The molecule has 1 aromatic heterocycles. The van der Waals surface area contributed by atoms with Crippen LogP contribution in [0, 0.1) is 0 Å². The van der Waals surface area contributed by atoms with E-state index in [9.17, 15) is 9.59 Å². The van der Waals surface area contributed by atoms with Crippen LogP contribution in [0.3, 0.4) is 0 Å². The third kappa shape index (κ3) is 5.94. The van der Waals surface area contributed by atoms with Crippen molar-refractivity contribution >= 4 is 12.0 Å². The summed E-state index contributed by atoms with van der Waals surface area (Å²) in [6.07, 6.45) is 3.79. The van der Waals surface area contributed by atoms with Gasteiger partial charge >= 0.3 is 6.09 Å². The van der Waals surface area contributed by atoms with Crippen LogP contribution in [0.5, 0.6) is 0 Å². The minimum atomic E-state index is -0.536. The summed E-state index contributed by atoms with van der Waals surface area (Å²) in [6.45, 7) is 0.668. The predicted octanol–water partition coefficient (Wildman–Crippen LogP) is 5.76. The van der Waals surface area contributed by atoms with Gasteiger partial charge in [-0.1, -0.05) is 84.9 Å². The quantitative estimate of drug-likeness (QED) is 0.317. The Morgan fingerprint density at radius 1 is 0.974 bits per heavy atom. The molecule has 4 aromatic rings. The van der Waals surface area contributed by atoms with Gasteiger partial charge in [0.2, 0.25) is 5.91 Å². The van der Waals surface area contributed by atoms with Gasteiger partial charge in [0, 0.05) is 19.0 Å². The van der Waals surface area contributed by atoms with Gasteiger partial charge in [0.1, 0.15) is 5.82 Å². The summed E-state index contributed by atoms with van der Waals surface area (Å²) in [4.78, 5) is 35.4. The first-order chi connectivity index (χ1) is 18.6. The van der Waals surface area contributed by atoms with E-state index in [1.165, 1.54) is 12.7 Å². The molecule has 0 spiro atoms. The number of nitrogens with zero attached hydrogens (tertiary/aromatic N) is 2. The Balaban J connectivity index is 1.28. The maximum Gasteiger partial charge on any atom is 0.407 e. The first-order valence-electron chi connectivity index (χ1n) is 13.0. The molecule has 1 aliphatic heterocycles. The molecule has 7 nitrogen and oxygen atoms in total. The third-order valence-corrected chi connectivity index (χ3v) is 7.04. The Morgan fingerprint density at radius 3 is 2.34 bits per heavy atom. The van der Waals surface area contributed by atoms with Crippen molar-refractivity contribution in [3.8, 4) is 22.4 Å². The largest absolute Gasteiger partial charge is 0.453 e. The Morgan fingerprint density at radius 2 is 1.63 bits per heavy atom. The second-order valence-electron chi connectivity index (χ2n) is 9.60. The summed E-state index contributed by atoms with van der Waals surface area (Å²) in [5, 5.41) is 2.83. The highest BCUT2D eigenvalue weighted by molar-refractivity contribution is 5.79. The number of hydrogen-bond donors (Lipinski definition) is 2. The number of hydrogen-bond acceptors (Lipinski definition) is 4. The number of carbonyl (C=O) groups is 2. The van der Waals surface area contributed by atoms with Crippen LogP contribution in [0.15, 0.2) is 91.1 Å². The molecule has 2 N–H and O–H groups in total. The zero-order valence-corrected chi connectivity index (χ0v) is 21.5. The molecule has 1 fully saturated rings. The number of likely N-dealkylation sites (tertiary alicyclic amines) is 1. The van der Waals surface area contributed by atoms with Crippen LogP contribution < -0.4 is 5.32 Å². The minimum Gasteiger partial charge on any atom is -0.453 e. The van der Waals surface area contributed by atoms with E-state index in [2.05, 4.69) is 51.7 Å². The topological polar surface area (TPSA) is 87.3 Å². The van der Waals surface area contributed by atoms with Gasteiger partial charge in [-0.2, -0.15) is 0 Å². The number of amides is 2. The van der Waals surface area contributed by atoms with E-state index < -0.39 is 6.09 Å². The normalized spacial score (nSPS) is 15.7. The predicted molar refractivity (Wildman–Crippen MR) is 147 cm³/mol. The van der Waals surface area contributed by atoms with E-state index in [4.69, 9.17) is 4.74 Å². The highest BCUT2D eigenvalue weighted by Crippen LogP contribution is 2.33. The van der Waals surface area contributed by atoms with Crippen LogP contribution in [-0.4, -0.2) is 46.6 Å². The molecule has 1 aliphatic rings. The molecular formula is C31H32N4O3. The fourth-order valence-corrected chi connectivity index (χ4v) is 5.10. The van der Waals surface area contributed by atoms with Gasteiger partial charge in [0.05, 0.1) is 25.0 Å². The molecule has 0 radical (unpaired) electrons. The van der Waals surface area contributed by atoms with Gasteiger partial charge in [0.15, 0.2) is 0 Å². The molecule has 38 heavy (non-hydrogen) atoms. The molecule has 5 rings (SSSR count). The fraction of sp³-hybridized carbons (Fsp3) is 0.258. The van der Waals surface area contributed by atoms with Gasteiger partial charge in [-0.3, -0.25) is 4.79 Å². The molecule has 2 heterocycles. The van der Waals surface area contributed by atoms with Gasteiger partial charge in [0.25, 0.3) is 0 Å². The van der Waals surface area contributed by atoms with Crippen molar-refractivity contribution in [2.45, 2.75) is 37.8 Å². The van der Waals surface area contributed by atoms with Crippen molar-refractivity contribution in [3.05, 3.63) is 103 Å².